The normalized spacial score (nSPS) is 10.3. The van der Waals surface area contributed by atoms with Crippen molar-refractivity contribution >= 4 is 11.9 Å². The highest BCUT2D eigenvalue weighted by Crippen LogP contribution is 2.22. The van der Waals surface area contributed by atoms with Crippen LogP contribution in [0.25, 0.3) is 0 Å². The molecule has 0 atom stereocenters. The molecule has 0 radical (unpaired) electrons. The summed E-state index contributed by atoms with van der Waals surface area (Å²) in [5, 5.41) is 0. The van der Waals surface area contributed by atoms with Gasteiger partial charge in [0.05, 0.1) is 19.3 Å². The number of rotatable bonds is 7. The molecule has 0 aliphatic rings. The molecule has 0 bridgehead atoms. The summed E-state index contributed by atoms with van der Waals surface area (Å²) < 4.78 is 38.1. The number of benzene rings is 1. The second-order valence-corrected chi connectivity index (χ2v) is 3.99. The van der Waals surface area contributed by atoms with Gasteiger partial charge in [0.15, 0.2) is 0 Å². The first-order valence-corrected chi connectivity index (χ1v) is 6.29. The first kappa shape index (κ1) is 16.9. The van der Waals surface area contributed by atoms with Gasteiger partial charge in [0.25, 0.3) is 0 Å². The zero-order chi connectivity index (χ0) is 15.8. The Bertz CT molecular complexity index is 502. The van der Waals surface area contributed by atoms with Crippen molar-refractivity contribution in [3.05, 3.63) is 29.3 Å². The number of esters is 2. The molecular formula is C14H16F2O5. The molecule has 0 aliphatic heterocycles. The fraction of sp³-hybridized carbons (Fsp3) is 0.429. The van der Waals surface area contributed by atoms with Gasteiger partial charge in [0.1, 0.15) is 5.75 Å². The topological polar surface area (TPSA) is 61.8 Å². The zero-order valence-corrected chi connectivity index (χ0v) is 11.7. The smallest absolute Gasteiger partial charge is 0.387 e. The number of halogens is 2. The molecule has 1 aromatic carbocycles. The van der Waals surface area contributed by atoms with Gasteiger partial charge in [-0.25, -0.2) is 4.79 Å². The molecular weight excluding hydrogens is 286 g/mol. The van der Waals surface area contributed by atoms with E-state index in [1.54, 1.807) is 6.92 Å². The summed E-state index contributed by atoms with van der Waals surface area (Å²) in [6.07, 6.45) is 0.180. The maximum Gasteiger partial charge on any atom is 0.387 e. The SMILES string of the molecule is CCOC(=O)CCc1cc(OC(F)F)ccc1C(=O)OC. The summed E-state index contributed by atoms with van der Waals surface area (Å²) in [4.78, 5) is 23.0. The minimum atomic E-state index is -2.97. The molecule has 1 rings (SSSR count). The van der Waals surface area contributed by atoms with E-state index in [0.717, 1.165) is 0 Å². The Morgan fingerprint density at radius 2 is 2.00 bits per heavy atom. The highest BCUT2D eigenvalue weighted by atomic mass is 19.3. The number of alkyl halides is 2. The second kappa shape index (κ2) is 8.18. The van der Waals surface area contributed by atoms with E-state index in [1.165, 1.54) is 25.3 Å². The van der Waals surface area contributed by atoms with Crippen molar-refractivity contribution in [3.63, 3.8) is 0 Å². The quantitative estimate of drug-likeness (QED) is 0.724. The molecule has 5 nitrogen and oxygen atoms in total. The average molecular weight is 302 g/mol. The van der Waals surface area contributed by atoms with Crippen molar-refractivity contribution in [2.75, 3.05) is 13.7 Å². The highest BCUT2D eigenvalue weighted by Gasteiger charge is 2.15. The Hall–Kier alpha value is -2.18. The first-order chi connectivity index (χ1) is 9.97. The van der Waals surface area contributed by atoms with Crippen LogP contribution in [0.3, 0.4) is 0 Å². The van der Waals surface area contributed by atoms with Crippen LogP contribution in [0.4, 0.5) is 8.78 Å². The number of aryl methyl sites for hydroxylation is 1. The fourth-order valence-corrected chi connectivity index (χ4v) is 1.73. The van der Waals surface area contributed by atoms with Crippen molar-refractivity contribution < 1.29 is 32.6 Å². The number of hydrogen-bond donors (Lipinski definition) is 0. The highest BCUT2D eigenvalue weighted by molar-refractivity contribution is 5.91. The predicted octanol–water partition coefficient (Wildman–Crippen LogP) is 2.57. The van der Waals surface area contributed by atoms with E-state index >= 15 is 0 Å². The van der Waals surface area contributed by atoms with Gasteiger partial charge in [-0.1, -0.05) is 0 Å². The largest absolute Gasteiger partial charge is 0.466 e. The monoisotopic (exact) mass is 302 g/mol. The van der Waals surface area contributed by atoms with Crippen LogP contribution in [0.15, 0.2) is 18.2 Å². The molecule has 7 heteroatoms. The number of methoxy groups -OCH3 is 1. The van der Waals surface area contributed by atoms with Gasteiger partial charge in [-0.3, -0.25) is 4.79 Å². The van der Waals surface area contributed by atoms with Crippen molar-refractivity contribution in [2.24, 2.45) is 0 Å². The van der Waals surface area contributed by atoms with E-state index in [9.17, 15) is 18.4 Å². The molecule has 0 N–H and O–H groups in total. The summed E-state index contributed by atoms with van der Waals surface area (Å²) in [6.45, 7) is -1.04. The molecule has 0 saturated carbocycles. The number of ether oxygens (including phenoxy) is 3. The van der Waals surface area contributed by atoms with Crippen LogP contribution >= 0.6 is 0 Å². The molecule has 0 aromatic heterocycles. The molecule has 0 amide bonds. The predicted molar refractivity (Wildman–Crippen MR) is 69.4 cm³/mol. The van der Waals surface area contributed by atoms with Gasteiger partial charge in [-0.05, 0) is 37.1 Å². The maximum absolute atomic E-state index is 12.2. The van der Waals surface area contributed by atoms with Crippen LogP contribution in [0.2, 0.25) is 0 Å². The standard InChI is InChI=1S/C14H16F2O5/c1-3-20-12(17)7-4-9-8-10(21-14(15)16)5-6-11(9)13(18)19-2/h5-6,8,14H,3-4,7H2,1-2H3. The lowest BCUT2D eigenvalue weighted by Crippen LogP contribution is -2.10. The van der Waals surface area contributed by atoms with Gasteiger partial charge in [0, 0.05) is 6.42 Å². The Morgan fingerprint density at radius 3 is 2.57 bits per heavy atom. The lowest BCUT2D eigenvalue weighted by molar-refractivity contribution is -0.143. The van der Waals surface area contributed by atoms with Crippen LogP contribution in [0.5, 0.6) is 5.75 Å². The number of carbonyl (C=O) groups is 2. The third kappa shape index (κ3) is 5.37. The molecule has 0 fully saturated rings. The minimum absolute atomic E-state index is 0.0238. The van der Waals surface area contributed by atoms with E-state index in [2.05, 4.69) is 9.47 Å². The van der Waals surface area contributed by atoms with Crippen LogP contribution in [-0.4, -0.2) is 32.3 Å². The Balaban J connectivity index is 2.93. The maximum atomic E-state index is 12.2. The van der Waals surface area contributed by atoms with Crippen molar-refractivity contribution in [1.82, 2.24) is 0 Å². The van der Waals surface area contributed by atoms with Gasteiger partial charge in [-0.15, -0.1) is 0 Å². The molecule has 1 aromatic rings. The van der Waals surface area contributed by atoms with Crippen LogP contribution in [-0.2, 0) is 20.7 Å². The molecule has 0 saturated heterocycles. The zero-order valence-electron chi connectivity index (χ0n) is 11.7. The number of hydrogen-bond acceptors (Lipinski definition) is 5. The van der Waals surface area contributed by atoms with E-state index in [0.29, 0.717) is 5.56 Å². The third-order valence-electron chi connectivity index (χ3n) is 2.61. The molecule has 116 valence electrons. The van der Waals surface area contributed by atoms with Gasteiger partial charge < -0.3 is 14.2 Å². The van der Waals surface area contributed by atoms with Crippen LogP contribution in [0, 0.1) is 0 Å². The summed E-state index contributed by atoms with van der Waals surface area (Å²) in [7, 11) is 1.21. The second-order valence-electron chi connectivity index (χ2n) is 3.99. The van der Waals surface area contributed by atoms with E-state index in [1.807, 2.05) is 0 Å². The fourth-order valence-electron chi connectivity index (χ4n) is 1.73. The van der Waals surface area contributed by atoms with Gasteiger partial charge >= 0.3 is 18.6 Å². The number of carbonyl (C=O) groups excluding carboxylic acids is 2. The van der Waals surface area contributed by atoms with E-state index in [-0.39, 0.29) is 30.8 Å². The Morgan fingerprint density at radius 1 is 1.29 bits per heavy atom. The summed E-state index contributed by atoms with van der Waals surface area (Å²) >= 11 is 0. The van der Waals surface area contributed by atoms with Crippen LogP contribution in [0.1, 0.15) is 29.3 Å². The van der Waals surface area contributed by atoms with Gasteiger partial charge in [-0.2, -0.15) is 8.78 Å². The lowest BCUT2D eigenvalue weighted by atomic mass is 10.0. The third-order valence-corrected chi connectivity index (χ3v) is 2.61. The molecule has 0 aliphatic carbocycles. The lowest BCUT2D eigenvalue weighted by Gasteiger charge is -2.11. The molecule has 0 heterocycles. The van der Waals surface area contributed by atoms with Crippen LogP contribution < -0.4 is 4.74 Å². The molecule has 0 unspecified atom stereocenters. The van der Waals surface area contributed by atoms with Crippen molar-refractivity contribution in [1.29, 1.82) is 0 Å². The van der Waals surface area contributed by atoms with Crippen molar-refractivity contribution in [3.8, 4) is 5.75 Å². The molecule has 21 heavy (non-hydrogen) atoms. The van der Waals surface area contributed by atoms with Crippen molar-refractivity contribution in [2.45, 2.75) is 26.4 Å². The van der Waals surface area contributed by atoms with Gasteiger partial charge in [0.2, 0.25) is 0 Å². The average Bonchev–Trinajstić information content (AvgIpc) is 2.44. The van der Waals surface area contributed by atoms with E-state index < -0.39 is 18.6 Å². The first-order valence-electron chi connectivity index (χ1n) is 6.29. The Kier molecular flexibility index (Phi) is 6.58. The Labute approximate surface area is 120 Å². The summed E-state index contributed by atoms with van der Waals surface area (Å²) in [5.74, 6) is -1.14. The minimum Gasteiger partial charge on any atom is -0.466 e. The summed E-state index contributed by atoms with van der Waals surface area (Å²) in [5.41, 5.74) is 0.580. The summed E-state index contributed by atoms with van der Waals surface area (Å²) in [6, 6.07) is 3.86. The molecule has 0 spiro atoms. The van der Waals surface area contributed by atoms with E-state index in [4.69, 9.17) is 4.74 Å².